The first-order valence-electron chi connectivity index (χ1n) is 8.22. The zero-order chi connectivity index (χ0) is 16.6. The van der Waals surface area contributed by atoms with Crippen molar-refractivity contribution in [2.24, 2.45) is 11.8 Å². The zero-order valence-corrected chi connectivity index (χ0v) is 14.4. The molecule has 1 amide bonds. The number of hydrogen-bond donors (Lipinski definition) is 0. The lowest BCUT2D eigenvalue weighted by Gasteiger charge is -2.26. The fraction of sp³-hybridized carbons (Fsp3) is 0.611. The molecule has 0 spiro atoms. The summed E-state index contributed by atoms with van der Waals surface area (Å²) in [6, 6.07) is 8.18. The summed E-state index contributed by atoms with van der Waals surface area (Å²) in [7, 11) is 1.69. The van der Waals surface area contributed by atoms with E-state index in [2.05, 4.69) is 17.0 Å². The van der Waals surface area contributed by atoms with Gasteiger partial charge >= 0.3 is 6.09 Å². The summed E-state index contributed by atoms with van der Waals surface area (Å²) < 4.78 is 10.8. The van der Waals surface area contributed by atoms with Gasteiger partial charge in [-0.1, -0.05) is 6.07 Å². The first-order valence-corrected chi connectivity index (χ1v) is 8.22. The van der Waals surface area contributed by atoms with Crippen LogP contribution in [0.15, 0.2) is 24.3 Å². The van der Waals surface area contributed by atoms with Crippen LogP contribution in [0.5, 0.6) is 5.75 Å². The van der Waals surface area contributed by atoms with Gasteiger partial charge < -0.3 is 19.3 Å². The summed E-state index contributed by atoms with van der Waals surface area (Å²) in [6.07, 6.45) is -0.181. The summed E-state index contributed by atoms with van der Waals surface area (Å²) in [6.45, 7) is 9.28. The molecule has 126 valence electrons. The molecule has 2 heterocycles. The number of likely N-dealkylation sites (tertiary alicyclic amines) is 1. The van der Waals surface area contributed by atoms with Crippen LogP contribution in [0.25, 0.3) is 0 Å². The normalized spacial score (nSPS) is 23.8. The minimum absolute atomic E-state index is 0.181. The van der Waals surface area contributed by atoms with Crippen LogP contribution < -0.4 is 9.64 Å². The second-order valence-electron chi connectivity index (χ2n) is 7.51. The topological polar surface area (TPSA) is 42.0 Å². The maximum atomic E-state index is 12.2. The van der Waals surface area contributed by atoms with Crippen molar-refractivity contribution in [3.8, 4) is 5.75 Å². The minimum atomic E-state index is -0.429. The van der Waals surface area contributed by atoms with Gasteiger partial charge in [-0.05, 0) is 32.9 Å². The highest BCUT2D eigenvalue weighted by molar-refractivity contribution is 5.68. The Morgan fingerprint density at radius 2 is 1.78 bits per heavy atom. The Labute approximate surface area is 138 Å². The van der Waals surface area contributed by atoms with Crippen molar-refractivity contribution in [3.05, 3.63) is 24.3 Å². The molecule has 2 aliphatic heterocycles. The smallest absolute Gasteiger partial charge is 0.410 e. The quantitative estimate of drug-likeness (QED) is 0.841. The average Bonchev–Trinajstić information content (AvgIpc) is 3.04. The van der Waals surface area contributed by atoms with E-state index in [0.29, 0.717) is 11.8 Å². The summed E-state index contributed by atoms with van der Waals surface area (Å²) in [5.74, 6) is 1.93. The Morgan fingerprint density at radius 3 is 2.35 bits per heavy atom. The monoisotopic (exact) mass is 318 g/mol. The van der Waals surface area contributed by atoms with E-state index in [-0.39, 0.29) is 6.09 Å². The summed E-state index contributed by atoms with van der Waals surface area (Å²) in [4.78, 5) is 16.5. The first-order chi connectivity index (χ1) is 10.9. The average molecular weight is 318 g/mol. The SMILES string of the molecule is COc1cccc(N2C[C@H]3CN(C(=O)OC(C)(C)C)C[C@@H]3C2)c1. The number of carbonyl (C=O) groups excluding carboxylic acids is 1. The number of fused-ring (bicyclic) bond motifs is 1. The molecule has 0 bridgehead atoms. The maximum absolute atomic E-state index is 12.2. The van der Waals surface area contributed by atoms with Crippen molar-refractivity contribution in [1.29, 1.82) is 0 Å². The van der Waals surface area contributed by atoms with Crippen molar-refractivity contribution >= 4 is 11.8 Å². The van der Waals surface area contributed by atoms with Gasteiger partial charge in [0, 0.05) is 49.8 Å². The number of anilines is 1. The number of methoxy groups -OCH3 is 1. The third kappa shape index (κ3) is 3.54. The highest BCUT2D eigenvalue weighted by Gasteiger charge is 2.42. The van der Waals surface area contributed by atoms with E-state index in [1.807, 2.05) is 37.8 Å². The highest BCUT2D eigenvalue weighted by Crippen LogP contribution is 2.35. The zero-order valence-electron chi connectivity index (χ0n) is 14.4. The molecule has 0 N–H and O–H groups in total. The molecule has 2 saturated heterocycles. The lowest BCUT2D eigenvalue weighted by molar-refractivity contribution is 0.0282. The van der Waals surface area contributed by atoms with Crippen LogP contribution in [0, 0.1) is 11.8 Å². The molecular formula is C18H26N2O3. The number of carbonyl (C=O) groups is 1. The first kappa shape index (κ1) is 16.0. The maximum Gasteiger partial charge on any atom is 0.410 e. The molecule has 23 heavy (non-hydrogen) atoms. The van der Waals surface area contributed by atoms with Crippen molar-refractivity contribution < 1.29 is 14.3 Å². The summed E-state index contributed by atoms with van der Waals surface area (Å²) >= 11 is 0. The number of hydrogen-bond acceptors (Lipinski definition) is 4. The third-order valence-electron chi connectivity index (χ3n) is 4.56. The Morgan fingerprint density at radius 1 is 1.13 bits per heavy atom. The molecule has 2 aliphatic rings. The molecule has 0 aromatic heterocycles. The summed E-state index contributed by atoms with van der Waals surface area (Å²) in [5, 5.41) is 0. The van der Waals surface area contributed by atoms with Gasteiger partial charge in [0.05, 0.1) is 7.11 Å². The van der Waals surface area contributed by atoms with Gasteiger partial charge in [0.15, 0.2) is 0 Å². The highest BCUT2D eigenvalue weighted by atomic mass is 16.6. The lowest BCUT2D eigenvalue weighted by Crippen LogP contribution is -2.37. The van der Waals surface area contributed by atoms with E-state index in [1.54, 1.807) is 7.11 Å². The van der Waals surface area contributed by atoms with Gasteiger partial charge in [-0.2, -0.15) is 0 Å². The predicted molar refractivity (Wildman–Crippen MR) is 90.0 cm³/mol. The molecule has 2 fully saturated rings. The molecule has 0 saturated carbocycles. The molecule has 3 rings (SSSR count). The number of rotatable bonds is 2. The summed E-state index contributed by atoms with van der Waals surface area (Å²) in [5.41, 5.74) is 0.768. The van der Waals surface area contributed by atoms with Crippen molar-refractivity contribution in [2.75, 3.05) is 38.2 Å². The van der Waals surface area contributed by atoms with Gasteiger partial charge in [-0.15, -0.1) is 0 Å². The van der Waals surface area contributed by atoms with Crippen molar-refractivity contribution in [3.63, 3.8) is 0 Å². The van der Waals surface area contributed by atoms with Crippen LogP contribution in [-0.2, 0) is 4.74 Å². The molecular weight excluding hydrogens is 292 g/mol. The standard InChI is InChI=1S/C18H26N2O3/c1-18(2,3)23-17(21)20-11-13-9-19(10-14(13)12-20)15-6-5-7-16(8-15)22-4/h5-8,13-14H,9-12H2,1-4H3/t13-,14-/m0/s1. The van der Waals surface area contributed by atoms with Crippen LogP contribution in [0.2, 0.25) is 0 Å². The van der Waals surface area contributed by atoms with Gasteiger partial charge in [0.25, 0.3) is 0 Å². The Bertz CT molecular complexity index is 568. The van der Waals surface area contributed by atoms with E-state index >= 15 is 0 Å². The largest absolute Gasteiger partial charge is 0.497 e. The van der Waals surface area contributed by atoms with Crippen molar-refractivity contribution in [1.82, 2.24) is 4.90 Å². The van der Waals surface area contributed by atoms with Crippen LogP contribution in [-0.4, -0.2) is 49.9 Å². The van der Waals surface area contributed by atoms with E-state index in [4.69, 9.17) is 9.47 Å². The van der Waals surface area contributed by atoms with Gasteiger partial charge in [0.2, 0.25) is 0 Å². The number of nitrogens with zero attached hydrogens (tertiary/aromatic N) is 2. The molecule has 2 atom stereocenters. The molecule has 5 heteroatoms. The van der Waals surface area contributed by atoms with E-state index in [0.717, 1.165) is 31.9 Å². The van der Waals surface area contributed by atoms with Crippen molar-refractivity contribution in [2.45, 2.75) is 26.4 Å². The Hall–Kier alpha value is -1.91. The Kier molecular flexibility index (Phi) is 4.13. The van der Waals surface area contributed by atoms with Gasteiger partial charge in [0.1, 0.15) is 11.4 Å². The van der Waals surface area contributed by atoms with Gasteiger partial charge in [-0.3, -0.25) is 0 Å². The van der Waals surface area contributed by atoms with Crippen LogP contribution in [0.4, 0.5) is 10.5 Å². The Balaban J connectivity index is 1.60. The van der Waals surface area contributed by atoms with E-state index in [1.165, 1.54) is 5.69 Å². The lowest BCUT2D eigenvalue weighted by atomic mass is 10.0. The number of amides is 1. The van der Waals surface area contributed by atoms with E-state index < -0.39 is 5.60 Å². The molecule has 1 aromatic carbocycles. The molecule has 5 nitrogen and oxygen atoms in total. The number of benzene rings is 1. The molecule has 1 aromatic rings. The van der Waals surface area contributed by atoms with Gasteiger partial charge in [-0.25, -0.2) is 4.79 Å². The molecule has 0 radical (unpaired) electrons. The third-order valence-corrected chi connectivity index (χ3v) is 4.56. The fourth-order valence-corrected chi connectivity index (χ4v) is 3.49. The predicted octanol–water partition coefficient (Wildman–Crippen LogP) is 3.00. The van der Waals surface area contributed by atoms with Crippen LogP contribution >= 0.6 is 0 Å². The second-order valence-corrected chi connectivity index (χ2v) is 7.51. The van der Waals surface area contributed by atoms with Crippen LogP contribution in [0.1, 0.15) is 20.8 Å². The fourth-order valence-electron chi connectivity index (χ4n) is 3.49. The number of ether oxygens (including phenoxy) is 2. The minimum Gasteiger partial charge on any atom is -0.497 e. The van der Waals surface area contributed by atoms with Crippen LogP contribution in [0.3, 0.4) is 0 Å². The molecule has 0 unspecified atom stereocenters. The van der Waals surface area contributed by atoms with E-state index in [9.17, 15) is 4.79 Å². The second kappa shape index (κ2) is 5.95. The molecule has 0 aliphatic carbocycles.